The molecule has 0 saturated heterocycles. The lowest BCUT2D eigenvalue weighted by Gasteiger charge is -2.64. The Morgan fingerprint density at radius 1 is 1.03 bits per heavy atom. The summed E-state index contributed by atoms with van der Waals surface area (Å²) in [6, 6.07) is 0.452. The first-order valence-corrected chi connectivity index (χ1v) is 12.6. The van der Waals surface area contributed by atoms with Gasteiger partial charge in [-0.1, -0.05) is 27.2 Å². The van der Waals surface area contributed by atoms with Gasteiger partial charge in [-0.3, -0.25) is 4.79 Å². The van der Waals surface area contributed by atoms with Crippen LogP contribution in [0.15, 0.2) is 0 Å². The van der Waals surface area contributed by atoms with Gasteiger partial charge in [0.1, 0.15) is 0 Å². The fourth-order valence-corrected chi connectivity index (χ4v) is 9.11. The Morgan fingerprint density at radius 3 is 2.52 bits per heavy atom. The van der Waals surface area contributed by atoms with Crippen LogP contribution < -0.4 is 5.73 Å². The highest BCUT2D eigenvalue weighted by Gasteiger charge is 2.59. The Hall–Kier alpha value is -0.570. The molecule has 0 aromatic rings. The van der Waals surface area contributed by atoms with Gasteiger partial charge in [0, 0.05) is 12.5 Å². The molecule has 29 heavy (non-hydrogen) atoms. The summed E-state index contributed by atoms with van der Waals surface area (Å²) >= 11 is 0. The van der Waals surface area contributed by atoms with Crippen LogP contribution in [0.1, 0.15) is 97.8 Å². The lowest BCUT2D eigenvalue weighted by molar-refractivity contribution is -0.151. The van der Waals surface area contributed by atoms with Crippen LogP contribution in [0.25, 0.3) is 0 Å². The second-order valence-electron chi connectivity index (χ2n) is 11.9. The van der Waals surface area contributed by atoms with Gasteiger partial charge < -0.3 is 10.5 Å². The average molecular weight is 404 g/mol. The predicted molar refractivity (Wildman–Crippen MR) is 118 cm³/mol. The van der Waals surface area contributed by atoms with Crippen molar-refractivity contribution in [1.82, 2.24) is 0 Å². The van der Waals surface area contributed by atoms with Gasteiger partial charge in [0.15, 0.2) is 0 Å². The van der Waals surface area contributed by atoms with Gasteiger partial charge in [0.25, 0.3) is 0 Å². The second kappa shape index (κ2) is 8.17. The molecule has 0 amide bonds. The highest BCUT2D eigenvalue weighted by atomic mass is 16.5. The number of esters is 1. The molecule has 4 aliphatic rings. The summed E-state index contributed by atoms with van der Waals surface area (Å²) in [5.41, 5.74) is 7.39. The quantitative estimate of drug-likeness (QED) is 0.590. The van der Waals surface area contributed by atoms with Crippen molar-refractivity contribution in [1.29, 1.82) is 0 Å². The predicted octanol–water partition coefficient (Wildman–Crippen LogP) is 5.95. The lowest BCUT2D eigenvalue weighted by Crippen LogP contribution is -2.57. The summed E-state index contributed by atoms with van der Waals surface area (Å²) in [6.07, 6.45) is 15.3. The number of nitrogens with two attached hydrogens (primary N) is 1. The summed E-state index contributed by atoms with van der Waals surface area (Å²) in [7, 11) is 1.52. The Morgan fingerprint density at radius 2 is 1.76 bits per heavy atom. The van der Waals surface area contributed by atoms with Crippen LogP contribution in [-0.4, -0.2) is 19.1 Å². The van der Waals surface area contributed by atoms with Crippen LogP contribution in [0.3, 0.4) is 0 Å². The van der Waals surface area contributed by atoms with E-state index in [1.54, 1.807) is 0 Å². The van der Waals surface area contributed by atoms with Crippen molar-refractivity contribution in [2.75, 3.05) is 7.11 Å². The maximum atomic E-state index is 11.7. The molecule has 0 bridgehead atoms. The third-order valence-electron chi connectivity index (χ3n) is 10.7. The number of carbonyl (C=O) groups excluding carboxylic acids is 1. The summed E-state index contributed by atoms with van der Waals surface area (Å²) in [5.74, 6) is 4.98. The smallest absolute Gasteiger partial charge is 0.305 e. The Labute approximate surface area is 178 Å². The van der Waals surface area contributed by atoms with Gasteiger partial charge in [0.05, 0.1) is 7.11 Å². The minimum absolute atomic E-state index is 0.0418. The van der Waals surface area contributed by atoms with Crippen molar-refractivity contribution < 1.29 is 9.53 Å². The number of carbonyl (C=O) groups is 1. The molecule has 0 aromatic carbocycles. The molecule has 4 fully saturated rings. The zero-order valence-electron chi connectivity index (χ0n) is 19.4. The molecule has 0 spiro atoms. The van der Waals surface area contributed by atoms with Gasteiger partial charge in [0.2, 0.25) is 0 Å². The fraction of sp³-hybridized carbons (Fsp3) is 0.962. The topological polar surface area (TPSA) is 52.3 Å². The summed E-state index contributed by atoms with van der Waals surface area (Å²) in [4.78, 5) is 11.7. The molecule has 0 radical (unpaired) electrons. The van der Waals surface area contributed by atoms with Crippen molar-refractivity contribution in [2.24, 2.45) is 52.1 Å². The van der Waals surface area contributed by atoms with Crippen LogP contribution in [0.2, 0.25) is 0 Å². The standard InChI is InChI=1S/C26H45NO2/c1-17(8-11-24(28)29-4)21-6-5-7-22-20-10-9-18-16-19(27)12-14-25(18,2)23(20)13-15-26(21,22)3/h17-23H,5-16,27H2,1-4H3. The van der Waals surface area contributed by atoms with Crippen LogP contribution in [0.5, 0.6) is 0 Å². The van der Waals surface area contributed by atoms with E-state index in [4.69, 9.17) is 10.5 Å². The Balaban J connectivity index is 1.51. The number of rotatable bonds is 4. The Bertz CT molecular complexity index is 606. The maximum Gasteiger partial charge on any atom is 0.305 e. The molecule has 0 aliphatic heterocycles. The molecule has 4 rings (SSSR count). The van der Waals surface area contributed by atoms with E-state index < -0.39 is 0 Å². The third-order valence-corrected chi connectivity index (χ3v) is 10.7. The number of fused-ring (bicyclic) bond motifs is 5. The zero-order valence-corrected chi connectivity index (χ0v) is 19.4. The van der Waals surface area contributed by atoms with E-state index in [0.29, 0.717) is 29.2 Å². The molecule has 166 valence electrons. The van der Waals surface area contributed by atoms with Gasteiger partial charge >= 0.3 is 5.97 Å². The molecule has 3 heteroatoms. The summed E-state index contributed by atoms with van der Waals surface area (Å²) in [5, 5.41) is 0. The monoisotopic (exact) mass is 403 g/mol. The fourth-order valence-electron chi connectivity index (χ4n) is 9.11. The maximum absolute atomic E-state index is 11.7. The minimum Gasteiger partial charge on any atom is -0.469 e. The van der Waals surface area contributed by atoms with Gasteiger partial charge in [-0.2, -0.15) is 0 Å². The molecular weight excluding hydrogens is 358 g/mol. The molecule has 9 unspecified atom stereocenters. The largest absolute Gasteiger partial charge is 0.469 e. The molecule has 0 aromatic heterocycles. The molecule has 2 N–H and O–H groups in total. The minimum atomic E-state index is -0.0418. The second-order valence-corrected chi connectivity index (χ2v) is 11.9. The highest BCUT2D eigenvalue weighted by molar-refractivity contribution is 5.69. The van der Waals surface area contributed by atoms with Crippen LogP contribution >= 0.6 is 0 Å². The van der Waals surface area contributed by atoms with E-state index in [-0.39, 0.29) is 5.97 Å². The zero-order chi connectivity index (χ0) is 20.8. The van der Waals surface area contributed by atoms with Gasteiger partial charge in [-0.05, 0) is 111 Å². The first-order valence-electron chi connectivity index (χ1n) is 12.6. The van der Waals surface area contributed by atoms with Crippen LogP contribution in [-0.2, 0) is 9.53 Å². The molecule has 4 saturated carbocycles. The Kier molecular flexibility index (Phi) is 6.10. The molecule has 9 atom stereocenters. The van der Waals surface area contributed by atoms with E-state index in [2.05, 4.69) is 20.8 Å². The van der Waals surface area contributed by atoms with E-state index in [1.165, 1.54) is 71.3 Å². The first-order chi connectivity index (χ1) is 13.8. The van der Waals surface area contributed by atoms with Crippen molar-refractivity contribution in [3.05, 3.63) is 0 Å². The number of hydrogen-bond donors (Lipinski definition) is 1. The van der Waals surface area contributed by atoms with E-state index >= 15 is 0 Å². The molecule has 4 aliphatic carbocycles. The lowest BCUT2D eigenvalue weighted by atomic mass is 9.41. The van der Waals surface area contributed by atoms with Crippen LogP contribution in [0, 0.1) is 46.3 Å². The van der Waals surface area contributed by atoms with Crippen molar-refractivity contribution in [3.8, 4) is 0 Å². The van der Waals surface area contributed by atoms with E-state index in [0.717, 1.165) is 36.0 Å². The summed E-state index contributed by atoms with van der Waals surface area (Å²) in [6.45, 7) is 7.69. The van der Waals surface area contributed by atoms with Gasteiger partial charge in [-0.25, -0.2) is 0 Å². The number of methoxy groups -OCH3 is 1. The van der Waals surface area contributed by atoms with Crippen LogP contribution in [0.4, 0.5) is 0 Å². The van der Waals surface area contributed by atoms with Gasteiger partial charge in [-0.15, -0.1) is 0 Å². The molecule has 3 nitrogen and oxygen atoms in total. The van der Waals surface area contributed by atoms with E-state index in [9.17, 15) is 4.79 Å². The highest BCUT2D eigenvalue weighted by Crippen LogP contribution is 2.67. The summed E-state index contributed by atoms with van der Waals surface area (Å²) < 4.78 is 4.91. The normalized spacial score (nSPS) is 48.0. The van der Waals surface area contributed by atoms with Crippen molar-refractivity contribution in [3.63, 3.8) is 0 Å². The molecule has 0 heterocycles. The third kappa shape index (κ3) is 3.68. The number of ether oxygens (including phenoxy) is 1. The molecular formula is C26H45NO2. The van der Waals surface area contributed by atoms with E-state index in [1.807, 2.05) is 0 Å². The van der Waals surface area contributed by atoms with Crippen molar-refractivity contribution in [2.45, 2.75) is 104 Å². The number of hydrogen-bond acceptors (Lipinski definition) is 3. The van der Waals surface area contributed by atoms with Crippen molar-refractivity contribution >= 4 is 5.97 Å². The average Bonchev–Trinajstić information content (AvgIpc) is 2.71. The SMILES string of the molecule is COC(=O)CCC(C)C1CCCC2C3CCC4CC(N)CCC4(C)C3CCC12C. The first kappa shape index (κ1) is 21.7.